The van der Waals surface area contributed by atoms with E-state index in [1.165, 1.54) is 0 Å². The molecule has 1 rings (SSSR count). The molecule has 2 N–H and O–H groups in total. The zero-order chi connectivity index (χ0) is 12.7. The number of rotatable bonds is 6. The van der Waals surface area contributed by atoms with Crippen LogP contribution in [0.25, 0.3) is 0 Å². The number of amides is 1. The fourth-order valence-electron chi connectivity index (χ4n) is 1.74. The van der Waals surface area contributed by atoms with E-state index in [-0.39, 0.29) is 5.91 Å². The SMILES string of the molecule is CCNC(=O)c1cccc(NC(CC)CC)c1. The van der Waals surface area contributed by atoms with Crippen LogP contribution in [-0.2, 0) is 0 Å². The maximum absolute atomic E-state index is 11.7. The van der Waals surface area contributed by atoms with Crippen molar-refractivity contribution in [3.63, 3.8) is 0 Å². The summed E-state index contributed by atoms with van der Waals surface area (Å²) in [6.45, 7) is 6.90. The van der Waals surface area contributed by atoms with Gasteiger partial charge in [0.05, 0.1) is 0 Å². The van der Waals surface area contributed by atoms with Crippen molar-refractivity contribution in [3.8, 4) is 0 Å². The lowest BCUT2D eigenvalue weighted by Gasteiger charge is -2.16. The molecule has 0 fully saturated rings. The highest BCUT2D eigenvalue weighted by Crippen LogP contribution is 2.14. The third-order valence-corrected chi connectivity index (χ3v) is 2.82. The molecule has 3 heteroatoms. The van der Waals surface area contributed by atoms with E-state index in [1.807, 2.05) is 31.2 Å². The van der Waals surface area contributed by atoms with Crippen LogP contribution in [0, 0.1) is 0 Å². The first-order valence-corrected chi connectivity index (χ1v) is 6.36. The molecule has 0 saturated heterocycles. The van der Waals surface area contributed by atoms with Gasteiger partial charge in [0.2, 0.25) is 0 Å². The van der Waals surface area contributed by atoms with Gasteiger partial charge in [-0.15, -0.1) is 0 Å². The number of hydrogen-bond acceptors (Lipinski definition) is 2. The summed E-state index contributed by atoms with van der Waals surface area (Å²) in [4.78, 5) is 11.7. The molecule has 17 heavy (non-hydrogen) atoms. The second kappa shape index (κ2) is 6.94. The van der Waals surface area contributed by atoms with Crippen LogP contribution in [-0.4, -0.2) is 18.5 Å². The quantitative estimate of drug-likeness (QED) is 0.794. The van der Waals surface area contributed by atoms with E-state index in [1.54, 1.807) is 0 Å². The van der Waals surface area contributed by atoms with Crippen LogP contribution in [0.3, 0.4) is 0 Å². The third kappa shape index (κ3) is 4.10. The lowest BCUT2D eigenvalue weighted by molar-refractivity contribution is 0.0956. The van der Waals surface area contributed by atoms with E-state index in [0.29, 0.717) is 18.2 Å². The summed E-state index contributed by atoms with van der Waals surface area (Å²) < 4.78 is 0. The second-order valence-electron chi connectivity index (χ2n) is 4.10. The summed E-state index contributed by atoms with van der Waals surface area (Å²) in [7, 11) is 0. The van der Waals surface area contributed by atoms with E-state index < -0.39 is 0 Å². The highest BCUT2D eigenvalue weighted by molar-refractivity contribution is 5.95. The third-order valence-electron chi connectivity index (χ3n) is 2.82. The molecule has 94 valence electrons. The van der Waals surface area contributed by atoms with E-state index >= 15 is 0 Å². The van der Waals surface area contributed by atoms with Crippen molar-refractivity contribution in [2.75, 3.05) is 11.9 Å². The molecule has 1 amide bonds. The molecule has 0 aliphatic heterocycles. The molecule has 0 saturated carbocycles. The van der Waals surface area contributed by atoms with Crippen LogP contribution in [0.4, 0.5) is 5.69 Å². The maximum Gasteiger partial charge on any atom is 0.251 e. The number of anilines is 1. The lowest BCUT2D eigenvalue weighted by Crippen LogP contribution is -2.23. The Balaban J connectivity index is 2.75. The summed E-state index contributed by atoms with van der Waals surface area (Å²) >= 11 is 0. The van der Waals surface area contributed by atoms with Crippen molar-refractivity contribution >= 4 is 11.6 Å². The summed E-state index contributed by atoms with van der Waals surface area (Å²) in [5.74, 6) is -0.0132. The van der Waals surface area contributed by atoms with Crippen LogP contribution in [0.15, 0.2) is 24.3 Å². The van der Waals surface area contributed by atoms with Gasteiger partial charge in [0.1, 0.15) is 0 Å². The van der Waals surface area contributed by atoms with E-state index in [9.17, 15) is 4.79 Å². The van der Waals surface area contributed by atoms with E-state index in [4.69, 9.17) is 0 Å². The molecule has 0 aliphatic carbocycles. The van der Waals surface area contributed by atoms with Gasteiger partial charge >= 0.3 is 0 Å². The van der Waals surface area contributed by atoms with Crippen LogP contribution >= 0.6 is 0 Å². The maximum atomic E-state index is 11.7. The monoisotopic (exact) mass is 234 g/mol. The predicted molar refractivity (Wildman–Crippen MR) is 72.4 cm³/mol. The van der Waals surface area contributed by atoms with Gasteiger partial charge in [0.15, 0.2) is 0 Å². The van der Waals surface area contributed by atoms with Gasteiger partial charge in [-0.2, -0.15) is 0 Å². The smallest absolute Gasteiger partial charge is 0.251 e. The molecule has 1 aromatic carbocycles. The summed E-state index contributed by atoms with van der Waals surface area (Å²) in [6, 6.07) is 8.13. The molecular weight excluding hydrogens is 212 g/mol. The topological polar surface area (TPSA) is 41.1 Å². The highest BCUT2D eigenvalue weighted by atomic mass is 16.1. The molecule has 0 unspecified atom stereocenters. The highest BCUT2D eigenvalue weighted by Gasteiger charge is 2.07. The van der Waals surface area contributed by atoms with Crippen molar-refractivity contribution in [2.24, 2.45) is 0 Å². The van der Waals surface area contributed by atoms with Crippen molar-refractivity contribution in [1.29, 1.82) is 0 Å². The Morgan fingerprint density at radius 1 is 1.24 bits per heavy atom. The number of benzene rings is 1. The second-order valence-corrected chi connectivity index (χ2v) is 4.10. The molecule has 0 bridgehead atoms. The van der Waals surface area contributed by atoms with Crippen molar-refractivity contribution in [3.05, 3.63) is 29.8 Å². The number of hydrogen-bond donors (Lipinski definition) is 2. The molecule has 0 aromatic heterocycles. The summed E-state index contributed by atoms with van der Waals surface area (Å²) in [5, 5.41) is 6.24. The molecular formula is C14H22N2O. The van der Waals surface area contributed by atoms with Crippen molar-refractivity contribution in [2.45, 2.75) is 39.7 Å². The van der Waals surface area contributed by atoms with Gasteiger partial charge in [-0.05, 0) is 38.0 Å². The van der Waals surface area contributed by atoms with Gasteiger partial charge in [-0.1, -0.05) is 19.9 Å². The lowest BCUT2D eigenvalue weighted by atomic mass is 10.1. The largest absolute Gasteiger partial charge is 0.382 e. The Labute approximate surface area is 104 Å². The Hall–Kier alpha value is -1.51. The first-order chi connectivity index (χ1) is 8.21. The van der Waals surface area contributed by atoms with Gasteiger partial charge in [-0.3, -0.25) is 4.79 Å². The molecule has 0 aliphatic rings. The average molecular weight is 234 g/mol. The molecule has 0 spiro atoms. The first kappa shape index (κ1) is 13.6. The fraction of sp³-hybridized carbons (Fsp3) is 0.500. The average Bonchev–Trinajstić information content (AvgIpc) is 2.36. The van der Waals surface area contributed by atoms with Crippen LogP contribution in [0.5, 0.6) is 0 Å². The Kier molecular flexibility index (Phi) is 5.53. The van der Waals surface area contributed by atoms with Gasteiger partial charge in [-0.25, -0.2) is 0 Å². The molecule has 3 nitrogen and oxygen atoms in total. The van der Waals surface area contributed by atoms with Gasteiger partial charge in [0.25, 0.3) is 5.91 Å². The normalized spacial score (nSPS) is 10.4. The Morgan fingerprint density at radius 2 is 1.94 bits per heavy atom. The molecule has 0 heterocycles. The standard InChI is InChI=1S/C14H22N2O/c1-4-12(5-2)16-13-9-7-8-11(10-13)14(17)15-6-3/h7-10,12,16H,4-6H2,1-3H3,(H,15,17). The Bertz CT molecular complexity index is 359. The molecule has 1 aromatic rings. The summed E-state index contributed by atoms with van der Waals surface area (Å²) in [6.07, 6.45) is 2.17. The predicted octanol–water partition coefficient (Wildman–Crippen LogP) is 3.04. The van der Waals surface area contributed by atoms with Crippen LogP contribution in [0.2, 0.25) is 0 Å². The zero-order valence-corrected chi connectivity index (χ0v) is 10.9. The number of carbonyl (C=O) groups is 1. The van der Waals surface area contributed by atoms with Gasteiger partial charge in [0, 0.05) is 23.8 Å². The van der Waals surface area contributed by atoms with E-state index in [2.05, 4.69) is 24.5 Å². The van der Waals surface area contributed by atoms with Crippen molar-refractivity contribution in [1.82, 2.24) is 5.32 Å². The van der Waals surface area contributed by atoms with Crippen LogP contribution in [0.1, 0.15) is 44.0 Å². The Morgan fingerprint density at radius 3 is 2.53 bits per heavy atom. The number of carbonyl (C=O) groups excluding carboxylic acids is 1. The van der Waals surface area contributed by atoms with Crippen LogP contribution < -0.4 is 10.6 Å². The fourth-order valence-corrected chi connectivity index (χ4v) is 1.74. The minimum atomic E-state index is -0.0132. The zero-order valence-electron chi connectivity index (χ0n) is 10.9. The minimum absolute atomic E-state index is 0.0132. The summed E-state index contributed by atoms with van der Waals surface area (Å²) in [5.41, 5.74) is 1.73. The molecule has 0 atom stereocenters. The van der Waals surface area contributed by atoms with Gasteiger partial charge < -0.3 is 10.6 Å². The van der Waals surface area contributed by atoms with Crippen molar-refractivity contribution < 1.29 is 4.79 Å². The number of nitrogens with one attached hydrogen (secondary N) is 2. The van der Waals surface area contributed by atoms with E-state index in [0.717, 1.165) is 18.5 Å². The molecule has 0 radical (unpaired) electrons. The first-order valence-electron chi connectivity index (χ1n) is 6.36. The minimum Gasteiger partial charge on any atom is -0.382 e.